The van der Waals surface area contributed by atoms with E-state index in [9.17, 15) is 4.79 Å². The summed E-state index contributed by atoms with van der Waals surface area (Å²) in [6.07, 6.45) is 0.0435. The fraction of sp³-hybridized carbons (Fsp3) is 0.350. The van der Waals surface area contributed by atoms with Crippen molar-refractivity contribution in [2.45, 2.75) is 39.9 Å². The molecule has 0 aromatic heterocycles. The molecule has 7 heteroatoms. The molecule has 2 aromatic rings. The van der Waals surface area contributed by atoms with Crippen molar-refractivity contribution in [2.24, 2.45) is 0 Å². The number of halogens is 1. The van der Waals surface area contributed by atoms with Crippen LogP contribution in [-0.4, -0.2) is 24.8 Å². The standard InChI is InChI=1S/C20H24ClO4P.Li.H/c1-12(2)24-14-9-10-18(17(11-14)25-13(3)4)26-20(22)19-15(21)7-6-8-16(19)23-5;;/h6-13,26H,1-5H3;;/q;+1;-1. The van der Waals surface area contributed by atoms with Gasteiger partial charge in [-0.1, -0.05) is 17.7 Å². The SMILES string of the molecule is COc1cccc(Cl)c1C(=O)Pc1ccc(OC(C)C)cc1OC(C)C.[H-].[Li+]. The molecule has 1 atom stereocenters. The minimum absolute atomic E-state index is 0. The van der Waals surface area contributed by atoms with Crippen LogP contribution in [0.25, 0.3) is 0 Å². The molecule has 0 aliphatic carbocycles. The first-order valence-corrected chi connectivity index (χ1v) is 9.80. The van der Waals surface area contributed by atoms with E-state index in [1.54, 1.807) is 18.2 Å². The Hall–Kier alpha value is -1.17. The molecule has 0 aliphatic rings. The molecule has 0 spiro atoms. The van der Waals surface area contributed by atoms with Crippen molar-refractivity contribution >= 4 is 31.0 Å². The normalized spacial score (nSPS) is 11.0. The molecule has 0 radical (unpaired) electrons. The summed E-state index contributed by atoms with van der Waals surface area (Å²) in [4.78, 5) is 12.9. The number of methoxy groups -OCH3 is 1. The van der Waals surface area contributed by atoms with Gasteiger partial charge in [-0.15, -0.1) is 0 Å². The summed E-state index contributed by atoms with van der Waals surface area (Å²) in [5.41, 5.74) is 0.298. The van der Waals surface area contributed by atoms with Crippen molar-refractivity contribution in [3.63, 3.8) is 0 Å². The Morgan fingerprint density at radius 2 is 1.70 bits per heavy atom. The van der Waals surface area contributed by atoms with E-state index in [-0.39, 0.29) is 46.6 Å². The summed E-state index contributed by atoms with van der Waals surface area (Å²) in [6, 6.07) is 10.7. The van der Waals surface area contributed by atoms with E-state index >= 15 is 0 Å². The Labute approximate surface area is 181 Å². The molecule has 0 saturated heterocycles. The summed E-state index contributed by atoms with van der Waals surface area (Å²) in [7, 11) is 1.38. The van der Waals surface area contributed by atoms with Gasteiger partial charge in [0.25, 0.3) is 0 Å². The van der Waals surface area contributed by atoms with Crippen LogP contribution < -0.4 is 38.4 Å². The average molecular weight is 403 g/mol. The number of carbonyl (C=O) groups excluding carboxylic acids is 1. The quantitative estimate of drug-likeness (QED) is 0.501. The van der Waals surface area contributed by atoms with Crippen molar-refractivity contribution in [1.29, 1.82) is 0 Å². The third-order valence-corrected chi connectivity index (χ3v) is 4.83. The zero-order valence-corrected chi connectivity index (χ0v) is 18.4. The van der Waals surface area contributed by atoms with E-state index in [1.807, 2.05) is 45.9 Å². The van der Waals surface area contributed by atoms with Crippen LogP contribution in [0.1, 0.15) is 39.5 Å². The van der Waals surface area contributed by atoms with Crippen LogP contribution >= 0.6 is 20.2 Å². The molecule has 0 amide bonds. The smallest absolute Gasteiger partial charge is 1.00 e. The number of hydrogen-bond acceptors (Lipinski definition) is 4. The molecular weight excluding hydrogens is 378 g/mol. The monoisotopic (exact) mass is 402 g/mol. The van der Waals surface area contributed by atoms with E-state index in [1.165, 1.54) is 7.11 Å². The zero-order chi connectivity index (χ0) is 19.3. The topological polar surface area (TPSA) is 44.8 Å². The van der Waals surface area contributed by atoms with Gasteiger partial charge in [-0.3, -0.25) is 4.79 Å². The molecule has 27 heavy (non-hydrogen) atoms. The number of rotatable bonds is 8. The Balaban J connectivity index is 0.00000364. The van der Waals surface area contributed by atoms with Crippen LogP contribution in [0.4, 0.5) is 0 Å². The van der Waals surface area contributed by atoms with E-state index in [0.29, 0.717) is 27.8 Å². The largest absolute Gasteiger partial charge is 1.00 e. The second-order valence-corrected chi connectivity index (χ2v) is 7.91. The third kappa shape index (κ3) is 6.74. The molecule has 2 aromatic carbocycles. The van der Waals surface area contributed by atoms with Crippen molar-refractivity contribution < 1.29 is 39.3 Å². The van der Waals surface area contributed by atoms with Crippen LogP contribution in [0, 0.1) is 0 Å². The van der Waals surface area contributed by atoms with Gasteiger partial charge in [0, 0.05) is 11.4 Å². The van der Waals surface area contributed by atoms with Gasteiger partial charge >= 0.3 is 18.9 Å². The third-order valence-electron chi connectivity index (χ3n) is 3.36. The van der Waals surface area contributed by atoms with Crippen LogP contribution in [0.5, 0.6) is 17.2 Å². The minimum Gasteiger partial charge on any atom is -1.00 e. The van der Waals surface area contributed by atoms with E-state index in [2.05, 4.69) is 0 Å². The first kappa shape index (κ1) is 23.9. The van der Waals surface area contributed by atoms with Gasteiger partial charge in [0.05, 0.1) is 29.9 Å². The summed E-state index contributed by atoms with van der Waals surface area (Å²) < 4.78 is 16.9. The van der Waals surface area contributed by atoms with Gasteiger partial charge in [-0.2, -0.15) is 0 Å². The average Bonchev–Trinajstić information content (AvgIpc) is 2.55. The fourth-order valence-corrected chi connectivity index (χ4v) is 3.76. The van der Waals surface area contributed by atoms with Gasteiger partial charge in [-0.05, 0) is 60.5 Å². The van der Waals surface area contributed by atoms with Crippen LogP contribution in [0.3, 0.4) is 0 Å². The van der Waals surface area contributed by atoms with Crippen LogP contribution in [0.2, 0.25) is 5.02 Å². The zero-order valence-electron chi connectivity index (χ0n) is 17.6. The van der Waals surface area contributed by atoms with Crippen LogP contribution in [0.15, 0.2) is 36.4 Å². The Morgan fingerprint density at radius 3 is 2.30 bits per heavy atom. The molecule has 4 nitrogen and oxygen atoms in total. The van der Waals surface area contributed by atoms with Gasteiger partial charge in [0.2, 0.25) is 0 Å². The molecule has 142 valence electrons. The number of benzene rings is 2. The predicted molar refractivity (Wildman–Crippen MR) is 109 cm³/mol. The Kier molecular flexibility index (Phi) is 9.71. The van der Waals surface area contributed by atoms with Crippen LogP contribution in [-0.2, 0) is 0 Å². The minimum atomic E-state index is -0.142. The van der Waals surface area contributed by atoms with Gasteiger partial charge < -0.3 is 15.6 Å². The maximum Gasteiger partial charge on any atom is 1.00 e. The molecule has 0 aliphatic heterocycles. The van der Waals surface area contributed by atoms with Crippen molar-refractivity contribution in [3.05, 3.63) is 47.0 Å². The molecule has 0 heterocycles. The van der Waals surface area contributed by atoms with Crippen molar-refractivity contribution in [3.8, 4) is 17.2 Å². The number of ether oxygens (including phenoxy) is 3. The maximum absolute atomic E-state index is 12.9. The fourth-order valence-electron chi connectivity index (χ4n) is 2.38. The van der Waals surface area contributed by atoms with Crippen molar-refractivity contribution in [2.75, 3.05) is 7.11 Å². The Morgan fingerprint density at radius 1 is 1.04 bits per heavy atom. The molecule has 0 N–H and O–H groups in total. The summed E-state index contributed by atoms with van der Waals surface area (Å²) in [6.45, 7) is 7.82. The summed E-state index contributed by atoms with van der Waals surface area (Å²) >= 11 is 6.23. The van der Waals surface area contributed by atoms with Gasteiger partial charge in [-0.25, -0.2) is 0 Å². The molecule has 1 unspecified atom stereocenters. The molecule has 0 fully saturated rings. The van der Waals surface area contributed by atoms with Crippen molar-refractivity contribution in [1.82, 2.24) is 0 Å². The maximum atomic E-state index is 12.9. The summed E-state index contributed by atoms with van der Waals surface area (Å²) in [5, 5.41) is 1.19. The van der Waals surface area contributed by atoms with E-state index in [4.69, 9.17) is 25.8 Å². The first-order chi connectivity index (χ1) is 12.3. The second-order valence-electron chi connectivity index (χ2n) is 6.26. The van der Waals surface area contributed by atoms with Gasteiger partial charge in [0.15, 0.2) is 5.52 Å². The number of carbonyl (C=O) groups is 1. The van der Waals surface area contributed by atoms with E-state index < -0.39 is 0 Å². The molecule has 2 rings (SSSR count). The molecular formula is C20H25ClLiO4P. The summed E-state index contributed by atoms with van der Waals surface area (Å²) in [5.74, 6) is 1.84. The molecule has 0 bridgehead atoms. The van der Waals surface area contributed by atoms with E-state index in [0.717, 1.165) is 5.30 Å². The second kappa shape index (κ2) is 11.0. The van der Waals surface area contributed by atoms with Gasteiger partial charge in [0.1, 0.15) is 17.2 Å². The predicted octanol–water partition coefficient (Wildman–Crippen LogP) is 2.18. The Bertz CT molecular complexity index is 787. The first-order valence-electron chi connectivity index (χ1n) is 8.43. The number of hydrogen-bond donors (Lipinski definition) is 0. The molecule has 0 saturated carbocycles.